The third-order valence-corrected chi connectivity index (χ3v) is 3.71. The number of nitrogens with zero attached hydrogens (tertiary/aromatic N) is 3. The van der Waals surface area contributed by atoms with Gasteiger partial charge in [-0.3, -0.25) is 9.48 Å². The Morgan fingerprint density at radius 2 is 2.16 bits per heavy atom. The van der Waals surface area contributed by atoms with Gasteiger partial charge in [0, 0.05) is 18.8 Å². The SMILES string of the molecule is Cc1cc(=O)[nH]c(Sc2c(N)c(C(C)C)nn2C)n1. The van der Waals surface area contributed by atoms with E-state index in [9.17, 15) is 4.79 Å². The third-order valence-electron chi connectivity index (χ3n) is 2.65. The second-order valence-electron chi connectivity index (χ2n) is 4.68. The van der Waals surface area contributed by atoms with E-state index in [2.05, 4.69) is 15.1 Å². The van der Waals surface area contributed by atoms with E-state index in [-0.39, 0.29) is 11.5 Å². The lowest BCUT2D eigenvalue weighted by Gasteiger charge is -2.03. The van der Waals surface area contributed by atoms with Gasteiger partial charge in [0.25, 0.3) is 5.56 Å². The highest BCUT2D eigenvalue weighted by Crippen LogP contribution is 2.33. The van der Waals surface area contributed by atoms with E-state index in [1.54, 1.807) is 11.6 Å². The summed E-state index contributed by atoms with van der Waals surface area (Å²) in [6, 6.07) is 1.45. The maximum Gasteiger partial charge on any atom is 0.251 e. The molecule has 0 fully saturated rings. The Bertz CT molecular complexity index is 659. The third kappa shape index (κ3) is 2.81. The largest absolute Gasteiger partial charge is 0.395 e. The number of aromatic nitrogens is 4. The first-order valence-corrected chi connectivity index (χ1v) is 6.78. The summed E-state index contributed by atoms with van der Waals surface area (Å²) in [4.78, 5) is 18.4. The summed E-state index contributed by atoms with van der Waals surface area (Å²) in [6.07, 6.45) is 0. The molecule has 6 nitrogen and oxygen atoms in total. The number of nitrogens with one attached hydrogen (secondary N) is 1. The highest BCUT2D eigenvalue weighted by Gasteiger charge is 2.17. The van der Waals surface area contributed by atoms with Crippen LogP contribution in [0.1, 0.15) is 31.2 Å². The lowest BCUT2D eigenvalue weighted by Crippen LogP contribution is -2.08. The molecule has 0 aliphatic carbocycles. The van der Waals surface area contributed by atoms with Crippen molar-refractivity contribution in [3.8, 4) is 0 Å². The highest BCUT2D eigenvalue weighted by atomic mass is 32.2. The van der Waals surface area contributed by atoms with Crippen LogP contribution in [0.15, 0.2) is 21.0 Å². The molecule has 0 aliphatic heterocycles. The van der Waals surface area contributed by atoms with Gasteiger partial charge >= 0.3 is 0 Å². The molecule has 7 heteroatoms. The highest BCUT2D eigenvalue weighted by molar-refractivity contribution is 7.99. The van der Waals surface area contributed by atoms with Gasteiger partial charge in [-0.25, -0.2) is 4.98 Å². The zero-order chi connectivity index (χ0) is 14.2. The molecule has 0 radical (unpaired) electrons. The smallest absolute Gasteiger partial charge is 0.251 e. The van der Waals surface area contributed by atoms with Gasteiger partial charge in [-0.05, 0) is 24.6 Å². The van der Waals surface area contributed by atoms with Crippen molar-refractivity contribution in [2.75, 3.05) is 5.73 Å². The van der Waals surface area contributed by atoms with Gasteiger partial charge in [0.1, 0.15) is 5.03 Å². The Morgan fingerprint density at radius 3 is 2.68 bits per heavy atom. The van der Waals surface area contributed by atoms with E-state index in [0.29, 0.717) is 16.5 Å². The fraction of sp³-hybridized carbons (Fsp3) is 0.417. The summed E-state index contributed by atoms with van der Waals surface area (Å²) in [7, 11) is 1.83. The van der Waals surface area contributed by atoms with Crippen LogP contribution in [-0.4, -0.2) is 19.7 Å². The second-order valence-corrected chi connectivity index (χ2v) is 5.65. The number of rotatable bonds is 3. The van der Waals surface area contributed by atoms with Gasteiger partial charge in [-0.1, -0.05) is 13.8 Å². The van der Waals surface area contributed by atoms with Crippen molar-refractivity contribution in [2.24, 2.45) is 7.05 Å². The van der Waals surface area contributed by atoms with Crippen molar-refractivity contribution in [3.05, 3.63) is 27.8 Å². The molecule has 0 amide bonds. The van der Waals surface area contributed by atoms with E-state index in [4.69, 9.17) is 5.73 Å². The molecule has 0 saturated carbocycles. The van der Waals surface area contributed by atoms with Crippen LogP contribution < -0.4 is 11.3 Å². The van der Waals surface area contributed by atoms with Gasteiger partial charge in [0.05, 0.1) is 11.4 Å². The molecule has 0 spiro atoms. The number of nitrogens with two attached hydrogens (primary N) is 1. The summed E-state index contributed by atoms with van der Waals surface area (Å²) in [5.41, 5.74) is 8.12. The summed E-state index contributed by atoms with van der Waals surface area (Å²) >= 11 is 1.32. The van der Waals surface area contributed by atoms with Gasteiger partial charge in [0.2, 0.25) is 0 Å². The van der Waals surface area contributed by atoms with Gasteiger partial charge in [0.15, 0.2) is 5.16 Å². The Morgan fingerprint density at radius 1 is 1.47 bits per heavy atom. The number of hydrogen-bond donors (Lipinski definition) is 2. The predicted octanol–water partition coefficient (Wildman–Crippen LogP) is 1.67. The molecule has 0 unspecified atom stereocenters. The van der Waals surface area contributed by atoms with Gasteiger partial charge in [-0.2, -0.15) is 5.10 Å². The van der Waals surface area contributed by atoms with Crippen LogP contribution in [-0.2, 0) is 7.05 Å². The second kappa shape index (κ2) is 5.08. The van der Waals surface area contributed by atoms with Crippen molar-refractivity contribution in [1.29, 1.82) is 0 Å². The molecule has 2 aromatic rings. The first-order chi connectivity index (χ1) is 8.88. The fourth-order valence-electron chi connectivity index (χ4n) is 1.78. The summed E-state index contributed by atoms with van der Waals surface area (Å²) in [5, 5.41) is 5.71. The normalized spacial score (nSPS) is 11.2. The van der Waals surface area contributed by atoms with Crippen LogP contribution in [0, 0.1) is 6.92 Å². The maximum absolute atomic E-state index is 11.4. The average Bonchev–Trinajstić information content (AvgIpc) is 2.56. The van der Waals surface area contributed by atoms with Crippen LogP contribution in [0.3, 0.4) is 0 Å². The molecule has 0 saturated heterocycles. The Balaban J connectivity index is 2.41. The lowest BCUT2D eigenvalue weighted by molar-refractivity contribution is 0.670. The van der Waals surface area contributed by atoms with Crippen molar-refractivity contribution in [1.82, 2.24) is 19.7 Å². The number of hydrogen-bond acceptors (Lipinski definition) is 5. The molecular formula is C12H17N5OS. The van der Waals surface area contributed by atoms with Crippen molar-refractivity contribution in [2.45, 2.75) is 36.9 Å². The van der Waals surface area contributed by atoms with Crippen LogP contribution in [0.25, 0.3) is 0 Å². The van der Waals surface area contributed by atoms with E-state index >= 15 is 0 Å². The van der Waals surface area contributed by atoms with Crippen LogP contribution in [0.4, 0.5) is 5.69 Å². The Hall–Kier alpha value is -1.76. The molecule has 0 aromatic carbocycles. The average molecular weight is 279 g/mol. The molecule has 19 heavy (non-hydrogen) atoms. The molecule has 0 bridgehead atoms. The number of nitrogen functional groups attached to an aromatic ring is 1. The first kappa shape index (κ1) is 13.7. The predicted molar refractivity (Wildman–Crippen MR) is 75.4 cm³/mol. The zero-order valence-electron chi connectivity index (χ0n) is 11.4. The van der Waals surface area contributed by atoms with E-state index < -0.39 is 0 Å². The molecule has 102 valence electrons. The van der Waals surface area contributed by atoms with Crippen molar-refractivity contribution >= 4 is 17.4 Å². The molecule has 2 aromatic heterocycles. The molecule has 2 rings (SSSR count). The standard InChI is InChI=1S/C12H17N5OS/c1-6(2)10-9(13)11(17(4)16-10)19-12-14-7(3)5-8(18)15-12/h5-6H,13H2,1-4H3,(H,14,15,18). The number of H-pyrrole nitrogens is 1. The minimum absolute atomic E-state index is 0.167. The van der Waals surface area contributed by atoms with Gasteiger partial charge < -0.3 is 10.7 Å². The van der Waals surface area contributed by atoms with Crippen molar-refractivity contribution in [3.63, 3.8) is 0 Å². The molecule has 2 heterocycles. The van der Waals surface area contributed by atoms with E-state index in [0.717, 1.165) is 10.7 Å². The first-order valence-electron chi connectivity index (χ1n) is 5.96. The number of aromatic amines is 1. The lowest BCUT2D eigenvalue weighted by atomic mass is 10.1. The van der Waals surface area contributed by atoms with Crippen LogP contribution in [0.2, 0.25) is 0 Å². The number of aryl methyl sites for hydroxylation is 2. The summed E-state index contributed by atoms with van der Waals surface area (Å²) in [6.45, 7) is 5.87. The maximum atomic E-state index is 11.4. The molecule has 3 N–H and O–H groups in total. The Kier molecular flexibility index (Phi) is 3.66. The molecule has 0 aliphatic rings. The van der Waals surface area contributed by atoms with E-state index in [1.165, 1.54) is 17.8 Å². The number of anilines is 1. The van der Waals surface area contributed by atoms with Crippen molar-refractivity contribution < 1.29 is 0 Å². The van der Waals surface area contributed by atoms with Crippen LogP contribution in [0.5, 0.6) is 0 Å². The van der Waals surface area contributed by atoms with E-state index in [1.807, 2.05) is 20.9 Å². The topological polar surface area (TPSA) is 89.6 Å². The van der Waals surface area contributed by atoms with Gasteiger partial charge in [-0.15, -0.1) is 0 Å². The molecular weight excluding hydrogens is 262 g/mol. The summed E-state index contributed by atoms with van der Waals surface area (Å²) < 4.78 is 1.72. The monoisotopic (exact) mass is 279 g/mol. The van der Waals surface area contributed by atoms with Crippen LogP contribution >= 0.6 is 11.8 Å². The summed E-state index contributed by atoms with van der Waals surface area (Å²) in [5.74, 6) is 0.255. The quantitative estimate of drug-likeness (QED) is 0.834. The minimum atomic E-state index is -0.167. The molecule has 0 atom stereocenters. The zero-order valence-corrected chi connectivity index (χ0v) is 12.2. The minimum Gasteiger partial charge on any atom is -0.395 e. The Labute approximate surface area is 115 Å². The fourth-order valence-corrected chi connectivity index (χ4v) is 2.70.